The predicted octanol–water partition coefficient (Wildman–Crippen LogP) is 0.861. The molecule has 1 unspecified atom stereocenters. The molecule has 1 saturated heterocycles. The molecule has 0 radical (unpaired) electrons. The van der Waals surface area contributed by atoms with E-state index in [0.717, 1.165) is 67.0 Å². The van der Waals surface area contributed by atoms with Crippen LogP contribution in [0.25, 0.3) is 11.0 Å². The molecule has 0 spiro atoms. The lowest BCUT2D eigenvalue weighted by Crippen LogP contribution is -3.13. The summed E-state index contributed by atoms with van der Waals surface area (Å²) in [4.78, 5) is 41.0. The van der Waals surface area contributed by atoms with E-state index in [0.29, 0.717) is 6.04 Å². The number of nitrogens with zero attached hydrogens (tertiary/aromatic N) is 1. The van der Waals surface area contributed by atoms with Gasteiger partial charge >= 0.3 is 11.9 Å². The molecule has 244 valence electrons. The molecule has 0 amide bonds. The van der Waals surface area contributed by atoms with Gasteiger partial charge in [0.15, 0.2) is 23.0 Å². The Bertz CT molecular complexity index is 1610. The van der Waals surface area contributed by atoms with Gasteiger partial charge in [0.1, 0.15) is 17.7 Å². The van der Waals surface area contributed by atoms with E-state index in [4.69, 9.17) is 51.2 Å². The smallest absolute Gasteiger partial charge is 0.351 e. The lowest BCUT2D eigenvalue weighted by Gasteiger charge is -2.28. The fourth-order valence-corrected chi connectivity index (χ4v) is 5.57. The largest absolute Gasteiger partial charge is 0.539 e. The van der Waals surface area contributed by atoms with Crippen molar-refractivity contribution in [3.8, 4) is 0 Å². The summed E-state index contributed by atoms with van der Waals surface area (Å²) in [6.07, 6.45) is 6.31. The van der Waals surface area contributed by atoms with E-state index < -0.39 is 23.9 Å². The number of H-pyrrole nitrogens is 1. The summed E-state index contributed by atoms with van der Waals surface area (Å²) in [6.45, 7) is 3.37. The minimum atomic E-state index is -2.07. The van der Waals surface area contributed by atoms with Crippen molar-refractivity contribution in [2.24, 2.45) is 0 Å². The molecular formula is C32H32ClF2N3O8. The number of piperidine rings is 1. The van der Waals surface area contributed by atoms with Gasteiger partial charge in [-0.1, -0.05) is 35.9 Å². The number of quaternary nitrogens is 1. The van der Waals surface area contributed by atoms with Crippen LogP contribution in [0.1, 0.15) is 48.8 Å². The normalized spacial score (nSPS) is 16.2. The molecule has 1 aliphatic heterocycles. The van der Waals surface area contributed by atoms with Crippen LogP contribution in [0.5, 0.6) is 0 Å². The lowest BCUT2D eigenvalue weighted by atomic mass is 9.87. The number of carbonyl (C=O) groups is 4. The highest BCUT2D eigenvalue weighted by atomic mass is 35.5. The number of hydrogen-bond acceptors (Lipinski definition) is 6. The molecule has 1 fully saturated rings. The highest BCUT2D eigenvalue weighted by Crippen LogP contribution is 2.29. The monoisotopic (exact) mass is 659 g/mol. The zero-order valence-electron chi connectivity index (χ0n) is 24.5. The number of aromatic nitrogens is 2. The third-order valence-corrected chi connectivity index (χ3v) is 7.78. The van der Waals surface area contributed by atoms with Crippen LogP contribution in [0.15, 0.2) is 73.1 Å². The highest BCUT2D eigenvalue weighted by Gasteiger charge is 2.28. The van der Waals surface area contributed by atoms with Crippen molar-refractivity contribution in [1.82, 2.24) is 4.98 Å². The van der Waals surface area contributed by atoms with Gasteiger partial charge in [-0.3, -0.25) is 0 Å². The quantitative estimate of drug-likeness (QED) is 0.167. The minimum Gasteiger partial charge on any atom is -0.539 e. The molecule has 0 saturated carbocycles. The van der Waals surface area contributed by atoms with Crippen molar-refractivity contribution in [3.05, 3.63) is 101 Å². The summed E-state index contributed by atoms with van der Waals surface area (Å²) in [5.41, 5.74) is 4.27. The number of halogens is 3. The van der Waals surface area contributed by atoms with Crippen LogP contribution in [-0.2, 0) is 19.2 Å². The Morgan fingerprint density at radius 3 is 2.07 bits per heavy atom. The molecule has 11 nitrogen and oxygen atoms in total. The maximum absolute atomic E-state index is 13.9. The number of nitrogens with one attached hydrogen (secondary N) is 2. The van der Waals surface area contributed by atoms with Crippen LogP contribution in [0.4, 0.5) is 8.78 Å². The molecule has 14 heteroatoms. The molecule has 0 bridgehead atoms. The number of carbonyl (C=O) groups excluding carboxylic acids is 2. The number of benzene rings is 3. The van der Waals surface area contributed by atoms with E-state index in [1.807, 2.05) is 30.3 Å². The molecular weight excluding hydrogens is 628 g/mol. The number of rotatable bonds is 7. The highest BCUT2D eigenvalue weighted by molar-refractivity contribution is 6.31. The van der Waals surface area contributed by atoms with Gasteiger partial charge in [0.25, 0.3) is 0 Å². The Hall–Kier alpha value is -4.88. The first kappa shape index (κ1) is 35.6. The molecule has 1 atom stereocenters. The Kier molecular flexibility index (Phi) is 13.1. The van der Waals surface area contributed by atoms with Crippen LogP contribution in [0.3, 0.4) is 0 Å². The lowest BCUT2D eigenvalue weighted by molar-refractivity contribution is -0.915. The summed E-state index contributed by atoms with van der Waals surface area (Å²) in [7, 11) is 0. The molecule has 1 aromatic heterocycles. The number of carboxylic acids is 4. The number of hydrogen-bond donors (Lipinski definition) is 4. The summed E-state index contributed by atoms with van der Waals surface area (Å²) >= 11 is 6.13. The second-order valence-electron chi connectivity index (χ2n) is 10.6. The van der Waals surface area contributed by atoms with Crippen LogP contribution in [-0.4, -0.2) is 58.7 Å². The topological polar surface area (TPSA) is 179 Å². The standard InChI is InChI=1S/C28H28ClF2N3.2C2H2O4/c29-22-8-11-28-27(18-22)32-19-34(28)25-12-15-33(16-13-25)14-2-5-26(20-6-9-23(30)10-7-20)21-3-1-4-24(31)17-21;2*3-1(4)2(5)6/h1,3-4,6-11,17-19,25-26H,2,5,12-16H2;2*(H,3,4)(H,5,6). The Balaban J connectivity index is 0.000000410. The first-order chi connectivity index (χ1) is 21.8. The Morgan fingerprint density at radius 2 is 1.50 bits per heavy atom. The first-order valence-electron chi connectivity index (χ1n) is 14.3. The van der Waals surface area contributed by atoms with Gasteiger partial charge in [-0.05, 0) is 60.4 Å². The first-order valence-corrected chi connectivity index (χ1v) is 14.6. The molecule has 2 heterocycles. The number of likely N-dealkylation sites (tertiary alicyclic amines) is 1. The number of fused-ring (bicyclic) bond motifs is 1. The van der Waals surface area contributed by atoms with Gasteiger partial charge in [-0.25, -0.2) is 27.9 Å². The zero-order valence-corrected chi connectivity index (χ0v) is 25.2. The van der Waals surface area contributed by atoms with E-state index in [-0.39, 0.29) is 17.6 Å². The van der Waals surface area contributed by atoms with Crippen molar-refractivity contribution in [2.75, 3.05) is 19.6 Å². The Morgan fingerprint density at radius 1 is 0.891 bits per heavy atom. The van der Waals surface area contributed by atoms with Crippen molar-refractivity contribution in [1.29, 1.82) is 0 Å². The average Bonchev–Trinajstić information content (AvgIpc) is 3.44. The molecule has 3 aromatic carbocycles. The van der Waals surface area contributed by atoms with Gasteiger partial charge in [-0.15, -0.1) is 0 Å². The van der Waals surface area contributed by atoms with Crippen molar-refractivity contribution in [3.63, 3.8) is 0 Å². The third-order valence-electron chi connectivity index (χ3n) is 7.55. The summed E-state index contributed by atoms with van der Waals surface area (Å²) < 4.78 is 29.8. The predicted molar refractivity (Wildman–Crippen MR) is 157 cm³/mol. The van der Waals surface area contributed by atoms with Gasteiger partial charge in [0, 0.05) is 29.8 Å². The van der Waals surface area contributed by atoms with Gasteiger partial charge in [0.05, 0.1) is 19.6 Å². The molecule has 1 aliphatic rings. The number of carboxylic acid groups (broad SMARTS) is 4. The van der Waals surface area contributed by atoms with E-state index in [1.165, 1.54) is 23.7 Å². The molecule has 4 aromatic rings. The van der Waals surface area contributed by atoms with E-state index >= 15 is 0 Å². The van der Waals surface area contributed by atoms with Crippen LogP contribution in [0, 0.1) is 11.6 Å². The summed E-state index contributed by atoms with van der Waals surface area (Å²) in [5, 5.41) is 33.4. The fraction of sp³-hybridized carbons (Fsp3) is 0.281. The van der Waals surface area contributed by atoms with Gasteiger partial charge in [0.2, 0.25) is 6.33 Å². The number of aliphatic carboxylic acids is 4. The zero-order chi connectivity index (χ0) is 33.8. The maximum atomic E-state index is 13.9. The third kappa shape index (κ3) is 10.6. The molecule has 4 N–H and O–H groups in total. The van der Waals surface area contributed by atoms with Crippen molar-refractivity contribution < 1.29 is 57.9 Å². The van der Waals surface area contributed by atoms with Crippen LogP contribution < -0.4 is 19.7 Å². The van der Waals surface area contributed by atoms with Crippen LogP contribution in [0.2, 0.25) is 5.02 Å². The Labute approximate surface area is 267 Å². The fourth-order valence-electron chi connectivity index (χ4n) is 5.40. The average molecular weight is 660 g/mol. The van der Waals surface area contributed by atoms with Crippen LogP contribution >= 0.6 is 11.6 Å². The molecule has 46 heavy (non-hydrogen) atoms. The second kappa shape index (κ2) is 17.0. The van der Waals surface area contributed by atoms with E-state index in [1.54, 1.807) is 17.0 Å². The summed E-state index contributed by atoms with van der Waals surface area (Å²) in [6, 6.07) is 20.0. The van der Waals surface area contributed by atoms with Crippen molar-refractivity contribution >= 4 is 46.5 Å². The maximum Gasteiger partial charge on any atom is 0.351 e. The van der Waals surface area contributed by atoms with Gasteiger partial charge in [-0.2, -0.15) is 0 Å². The SMILES string of the molecule is Fc1ccc(C(CCC[NH+]2CCC([n+]3c[nH]c4cc(Cl)ccc43)CC2)c2cccc(F)c2)cc1.O=C([O-])C(=O)O.O=C([O-])C(=O)O. The number of imidazole rings is 1. The van der Waals surface area contributed by atoms with Gasteiger partial charge < -0.3 is 34.9 Å². The molecule has 0 aliphatic carbocycles. The minimum absolute atomic E-state index is 0.0711. The molecule has 5 rings (SSSR count). The van der Waals surface area contributed by atoms with E-state index in [2.05, 4.69) is 21.9 Å². The summed E-state index contributed by atoms with van der Waals surface area (Å²) in [5.74, 6) is -8.42. The van der Waals surface area contributed by atoms with E-state index in [9.17, 15) is 8.78 Å². The number of aromatic amines is 1. The second-order valence-corrected chi connectivity index (χ2v) is 11.0. The van der Waals surface area contributed by atoms with Crippen molar-refractivity contribution in [2.45, 2.75) is 37.6 Å².